The average Bonchev–Trinajstić information content (AvgIpc) is 3.12. The molecule has 1 N–H and O–H groups in total. The molecule has 146 valence electrons. The third-order valence-corrected chi connectivity index (χ3v) is 6.05. The van der Waals surface area contributed by atoms with Gasteiger partial charge < -0.3 is 19.7 Å². The second-order valence-corrected chi connectivity index (χ2v) is 7.98. The van der Waals surface area contributed by atoms with Crippen LogP contribution in [0.3, 0.4) is 0 Å². The van der Waals surface area contributed by atoms with E-state index in [-0.39, 0.29) is 17.2 Å². The Bertz CT molecular complexity index is 740. The van der Waals surface area contributed by atoms with Crippen LogP contribution in [-0.4, -0.2) is 43.0 Å². The molecule has 4 rings (SSSR count). The number of rotatable bonds is 4. The van der Waals surface area contributed by atoms with Crippen molar-refractivity contribution in [2.45, 2.75) is 57.4 Å². The van der Waals surface area contributed by atoms with E-state index in [4.69, 9.17) is 9.47 Å². The van der Waals surface area contributed by atoms with E-state index in [2.05, 4.69) is 17.4 Å². The molecular formula is C21H28N2O4. The first kappa shape index (κ1) is 18.1. The first-order valence-electron chi connectivity index (χ1n) is 10.0. The maximum Gasteiger partial charge on any atom is 0.222 e. The van der Waals surface area contributed by atoms with Crippen molar-refractivity contribution in [1.29, 1.82) is 0 Å². The molecular weight excluding hydrogens is 344 g/mol. The summed E-state index contributed by atoms with van der Waals surface area (Å²) in [6, 6.07) is 4.26. The van der Waals surface area contributed by atoms with E-state index < -0.39 is 0 Å². The number of fused-ring (bicyclic) bond motifs is 3. The van der Waals surface area contributed by atoms with Crippen LogP contribution in [0.2, 0.25) is 0 Å². The van der Waals surface area contributed by atoms with E-state index in [9.17, 15) is 9.59 Å². The standard InChI is InChI=1S/C21H28N2O4/c1-15(24)22-8-4-5-20(25)23-13-16-11-18-19(27-10-9-26-18)12-17(16)21(14-23)6-2-3-7-21/h11-12H,2-10,13-14H2,1H3,(H,22,24). The maximum absolute atomic E-state index is 12.8. The second-order valence-electron chi connectivity index (χ2n) is 7.98. The zero-order chi connectivity index (χ0) is 18.9. The Morgan fingerprint density at radius 2 is 1.85 bits per heavy atom. The third-order valence-electron chi connectivity index (χ3n) is 6.05. The van der Waals surface area contributed by atoms with Crippen LogP contribution in [-0.2, 0) is 21.5 Å². The third kappa shape index (κ3) is 3.62. The lowest BCUT2D eigenvalue weighted by molar-refractivity contribution is -0.133. The summed E-state index contributed by atoms with van der Waals surface area (Å²) in [6.07, 6.45) is 5.80. The summed E-state index contributed by atoms with van der Waals surface area (Å²) in [7, 11) is 0. The Hall–Kier alpha value is -2.24. The predicted octanol–water partition coefficient (Wildman–Crippen LogP) is 2.53. The van der Waals surface area contributed by atoms with Crippen LogP contribution in [0.4, 0.5) is 0 Å². The van der Waals surface area contributed by atoms with Crippen molar-refractivity contribution in [2.24, 2.45) is 0 Å². The van der Waals surface area contributed by atoms with Crippen molar-refractivity contribution in [3.05, 3.63) is 23.3 Å². The van der Waals surface area contributed by atoms with Gasteiger partial charge >= 0.3 is 0 Å². The molecule has 3 aliphatic rings. The molecule has 0 unspecified atom stereocenters. The van der Waals surface area contributed by atoms with Crippen molar-refractivity contribution in [1.82, 2.24) is 10.2 Å². The molecule has 2 amide bonds. The fourth-order valence-corrected chi connectivity index (χ4v) is 4.79. The molecule has 1 saturated carbocycles. The zero-order valence-corrected chi connectivity index (χ0v) is 16.0. The number of nitrogens with one attached hydrogen (secondary N) is 1. The number of amides is 2. The molecule has 2 aliphatic heterocycles. The van der Waals surface area contributed by atoms with Crippen LogP contribution in [0.15, 0.2) is 12.1 Å². The smallest absolute Gasteiger partial charge is 0.222 e. The largest absolute Gasteiger partial charge is 0.486 e. The molecule has 1 aliphatic carbocycles. The molecule has 0 radical (unpaired) electrons. The van der Waals surface area contributed by atoms with Gasteiger partial charge in [0, 0.05) is 38.4 Å². The van der Waals surface area contributed by atoms with Gasteiger partial charge in [-0.25, -0.2) is 0 Å². The highest BCUT2D eigenvalue weighted by atomic mass is 16.6. The van der Waals surface area contributed by atoms with E-state index in [0.29, 0.717) is 39.1 Å². The molecule has 0 atom stereocenters. The summed E-state index contributed by atoms with van der Waals surface area (Å²) in [6.45, 7) is 4.64. The summed E-state index contributed by atoms with van der Waals surface area (Å²) in [5.74, 6) is 1.77. The van der Waals surface area contributed by atoms with E-state index in [1.165, 1.54) is 30.9 Å². The number of benzene rings is 1. The van der Waals surface area contributed by atoms with E-state index in [0.717, 1.165) is 30.9 Å². The van der Waals surface area contributed by atoms with Crippen LogP contribution in [0, 0.1) is 0 Å². The lowest BCUT2D eigenvalue weighted by Gasteiger charge is -2.43. The molecule has 0 aromatic heterocycles. The molecule has 6 heteroatoms. The van der Waals surface area contributed by atoms with Crippen molar-refractivity contribution in [3.63, 3.8) is 0 Å². The Balaban J connectivity index is 1.54. The van der Waals surface area contributed by atoms with Crippen molar-refractivity contribution in [2.75, 3.05) is 26.3 Å². The minimum atomic E-state index is -0.0498. The summed E-state index contributed by atoms with van der Waals surface area (Å²) in [5.41, 5.74) is 2.60. The maximum atomic E-state index is 12.8. The van der Waals surface area contributed by atoms with Gasteiger partial charge in [0.15, 0.2) is 11.5 Å². The molecule has 1 fully saturated rings. The molecule has 27 heavy (non-hydrogen) atoms. The Kier molecular flexibility index (Phi) is 4.98. The Morgan fingerprint density at radius 3 is 2.56 bits per heavy atom. The van der Waals surface area contributed by atoms with Crippen LogP contribution >= 0.6 is 0 Å². The van der Waals surface area contributed by atoms with Crippen LogP contribution in [0.25, 0.3) is 0 Å². The van der Waals surface area contributed by atoms with Crippen molar-refractivity contribution in [3.8, 4) is 11.5 Å². The van der Waals surface area contributed by atoms with Crippen LogP contribution < -0.4 is 14.8 Å². The van der Waals surface area contributed by atoms with Gasteiger partial charge in [0.2, 0.25) is 11.8 Å². The minimum Gasteiger partial charge on any atom is -0.486 e. The Labute approximate surface area is 160 Å². The lowest BCUT2D eigenvalue weighted by Crippen LogP contribution is -2.47. The van der Waals surface area contributed by atoms with Gasteiger partial charge in [0.25, 0.3) is 0 Å². The molecule has 1 spiro atoms. The first-order chi connectivity index (χ1) is 13.1. The molecule has 1 aromatic rings. The van der Waals surface area contributed by atoms with Gasteiger partial charge in [-0.15, -0.1) is 0 Å². The number of ether oxygens (including phenoxy) is 2. The number of hydrogen-bond donors (Lipinski definition) is 1. The summed E-state index contributed by atoms with van der Waals surface area (Å²) < 4.78 is 11.6. The molecule has 0 saturated heterocycles. The summed E-state index contributed by atoms with van der Waals surface area (Å²) >= 11 is 0. The first-order valence-corrected chi connectivity index (χ1v) is 10.0. The van der Waals surface area contributed by atoms with Crippen LogP contribution in [0.1, 0.15) is 56.6 Å². The van der Waals surface area contributed by atoms with Gasteiger partial charge in [0.05, 0.1) is 0 Å². The van der Waals surface area contributed by atoms with E-state index in [1.54, 1.807) is 0 Å². The second kappa shape index (κ2) is 7.41. The van der Waals surface area contributed by atoms with Crippen molar-refractivity contribution < 1.29 is 19.1 Å². The SMILES string of the molecule is CC(=O)NCCCC(=O)N1Cc2cc3c(cc2C2(CCCC2)C1)OCCO3. The van der Waals surface area contributed by atoms with E-state index >= 15 is 0 Å². The highest BCUT2D eigenvalue weighted by Gasteiger charge is 2.43. The van der Waals surface area contributed by atoms with Gasteiger partial charge in [0.1, 0.15) is 13.2 Å². The zero-order valence-electron chi connectivity index (χ0n) is 16.0. The van der Waals surface area contributed by atoms with Crippen molar-refractivity contribution >= 4 is 11.8 Å². The topological polar surface area (TPSA) is 67.9 Å². The predicted molar refractivity (Wildman–Crippen MR) is 101 cm³/mol. The highest BCUT2D eigenvalue weighted by Crippen LogP contribution is 2.49. The summed E-state index contributed by atoms with van der Waals surface area (Å²) in [5, 5.41) is 2.76. The molecule has 6 nitrogen and oxygen atoms in total. The van der Waals surface area contributed by atoms with Gasteiger partial charge in [-0.2, -0.15) is 0 Å². The average molecular weight is 372 g/mol. The Morgan fingerprint density at radius 1 is 1.15 bits per heavy atom. The van der Waals surface area contributed by atoms with Crippen LogP contribution in [0.5, 0.6) is 11.5 Å². The fourth-order valence-electron chi connectivity index (χ4n) is 4.79. The van der Waals surface area contributed by atoms with Gasteiger partial charge in [-0.1, -0.05) is 12.8 Å². The number of carbonyl (C=O) groups excluding carboxylic acids is 2. The minimum absolute atomic E-state index is 0.0498. The normalized spacial score (nSPS) is 19.7. The molecule has 1 aromatic carbocycles. The van der Waals surface area contributed by atoms with E-state index in [1.807, 2.05) is 4.90 Å². The lowest BCUT2D eigenvalue weighted by atomic mass is 9.73. The number of carbonyl (C=O) groups is 2. The monoisotopic (exact) mass is 372 g/mol. The van der Waals surface area contributed by atoms with Gasteiger partial charge in [-0.3, -0.25) is 9.59 Å². The van der Waals surface area contributed by atoms with Gasteiger partial charge in [-0.05, 0) is 42.5 Å². The number of hydrogen-bond acceptors (Lipinski definition) is 4. The fraction of sp³-hybridized carbons (Fsp3) is 0.619. The number of nitrogens with zero attached hydrogens (tertiary/aromatic N) is 1. The quantitative estimate of drug-likeness (QED) is 0.825. The molecule has 2 heterocycles. The molecule has 0 bridgehead atoms. The summed E-state index contributed by atoms with van der Waals surface area (Å²) in [4.78, 5) is 25.8. The highest BCUT2D eigenvalue weighted by molar-refractivity contribution is 5.77.